The molecule has 0 aliphatic carbocycles. The van der Waals surface area contributed by atoms with E-state index in [9.17, 15) is 0 Å². The van der Waals surface area contributed by atoms with E-state index in [2.05, 4.69) is 0 Å². The van der Waals surface area contributed by atoms with Crippen molar-refractivity contribution in [2.45, 2.75) is 12.5 Å². The Morgan fingerprint density at radius 3 is 2.25 bits per heavy atom. The van der Waals surface area contributed by atoms with Gasteiger partial charge in [0.15, 0.2) is 0 Å². The maximum absolute atomic E-state index is 5.29. The zero-order valence-corrected chi connectivity index (χ0v) is 5.26. The number of hydrogen-bond donors (Lipinski definition) is 2. The highest BCUT2D eigenvalue weighted by atomic mass is 16.5. The van der Waals surface area contributed by atoms with Crippen LogP contribution in [-0.2, 0) is 4.74 Å². The average molecular weight is 118 g/mol. The van der Waals surface area contributed by atoms with Gasteiger partial charge in [0.25, 0.3) is 0 Å². The average Bonchev–Trinajstić information content (AvgIpc) is 1.83. The van der Waals surface area contributed by atoms with Crippen molar-refractivity contribution in [1.82, 2.24) is 0 Å². The molecule has 0 aromatic rings. The molecule has 0 radical (unpaired) electrons. The second kappa shape index (κ2) is 5.03. The predicted octanol–water partition coefficient (Wildman–Crippen LogP) is -0.691. The fourth-order valence-corrected chi connectivity index (χ4v) is 0.518. The van der Waals surface area contributed by atoms with E-state index in [1.54, 1.807) is 7.11 Å². The lowest BCUT2D eigenvalue weighted by molar-refractivity contribution is 0.104. The van der Waals surface area contributed by atoms with Crippen LogP contribution in [0.15, 0.2) is 0 Å². The van der Waals surface area contributed by atoms with Crippen LogP contribution in [0, 0.1) is 0 Å². The van der Waals surface area contributed by atoms with Crippen LogP contribution in [0.3, 0.4) is 0 Å². The third kappa shape index (κ3) is 2.96. The van der Waals surface area contributed by atoms with Crippen LogP contribution in [0.25, 0.3) is 0 Å². The summed E-state index contributed by atoms with van der Waals surface area (Å²) in [5, 5.41) is 0. The Morgan fingerprint density at radius 2 is 2.12 bits per heavy atom. The summed E-state index contributed by atoms with van der Waals surface area (Å²) in [6, 6.07) is 0. The fraction of sp³-hybridized carbons (Fsp3) is 1.00. The van der Waals surface area contributed by atoms with Crippen LogP contribution in [0.5, 0.6) is 0 Å². The zero-order chi connectivity index (χ0) is 6.41. The molecule has 3 heteroatoms. The zero-order valence-electron chi connectivity index (χ0n) is 5.26. The van der Waals surface area contributed by atoms with Crippen LogP contribution >= 0.6 is 0 Å². The molecule has 0 heterocycles. The first-order valence-electron chi connectivity index (χ1n) is 2.78. The molecule has 0 saturated carbocycles. The van der Waals surface area contributed by atoms with Crippen LogP contribution in [0.2, 0.25) is 0 Å². The lowest BCUT2D eigenvalue weighted by Crippen LogP contribution is -2.25. The molecule has 50 valence electrons. The molecular formula is C5H14N2O. The van der Waals surface area contributed by atoms with Gasteiger partial charge in [0.05, 0.1) is 6.10 Å². The Hall–Kier alpha value is -0.120. The van der Waals surface area contributed by atoms with Crippen molar-refractivity contribution in [3.8, 4) is 0 Å². The molecule has 3 nitrogen and oxygen atoms in total. The van der Waals surface area contributed by atoms with Crippen molar-refractivity contribution >= 4 is 0 Å². The lowest BCUT2D eigenvalue weighted by Gasteiger charge is -2.09. The van der Waals surface area contributed by atoms with E-state index in [1.807, 2.05) is 0 Å². The van der Waals surface area contributed by atoms with E-state index in [0.29, 0.717) is 13.1 Å². The summed E-state index contributed by atoms with van der Waals surface area (Å²) >= 11 is 0. The number of methoxy groups -OCH3 is 1. The SMILES string of the molecule is CO[C@H](CN)CCN. The molecule has 0 aliphatic heterocycles. The number of ether oxygens (including phenoxy) is 1. The highest BCUT2D eigenvalue weighted by molar-refractivity contribution is 4.56. The van der Waals surface area contributed by atoms with Crippen molar-refractivity contribution in [2.75, 3.05) is 20.2 Å². The first-order valence-corrected chi connectivity index (χ1v) is 2.78. The number of rotatable bonds is 4. The molecule has 4 N–H and O–H groups in total. The van der Waals surface area contributed by atoms with Crippen molar-refractivity contribution < 1.29 is 4.74 Å². The first kappa shape index (κ1) is 7.88. The minimum atomic E-state index is 0.153. The summed E-state index contributed by atoms with van der Waals surface area (Å²) < 4.78 is 4.93. The summed E-state index contributed by atoms with van der Waals surface area (Å²) in [5.74, 6) is 0. The van der Waals surface area contributed by atoms with Crippen LogP contribution in [-0.4, -0.2) is 26.3 Å². The monoisotopic (exact) mass is 118 g/mol. The van der Waals surface area contributed by atoms with Crippen LogP contribution < -0.4 is 11.5 Å². The second-order valence-corrected chi connectivity index (χ2v) is 1.67. The number of hydrogen-bond acceptors (Lipinski definition) is 3. The molecule has 0 fully saturated rings. The van der Waals surface area contributed by atoms with E-state index in [4.69, 9.17) is 16.2 Å². The molecule has 0 aromatic heterocycles. The van der Waals surface area contributed by atoms with Gasteiger partial charge in [-0.15, -0.1) is 0 Å². The topological polar surface area (TPSA) is 61.3 Å². The molecular weight excluding hydrogens is 104 g/mol. The summed E-state index contributed by atoms with van der Waals surface area (Å²) in [5.41, 5.74) is 10.5. The largest absolute Gasteiger partial charge is 0.380 e. The molecule has 0 amide bonds. The minimum Gasteiger partial charge on any atom is -0.380 e. The van der Waals surface area contributed by atoms with Crippen molar-refractivity contribution in [2.24, 2.45) is 11.5 Å². The summed E-state index contributed by atoms with van der Waals surface area (Å²) in [4.78, 5) is 0. The van der Waals surface area contributed by atoms with Gasteiger partial charge in [-0.05, 0) is 13.0 Å². The second-order valence-electron chi connectivity index (χ2n) is 1.67. The van der Waals surface area contributed by atoms with Gasteiger partial charge in [0, 0.05) is 13.7 Å². The van der Waals surface area contributed by atoms with Crippen molar-refractivity contribution in [1.29, 1.82) is 0 Å². The Kier molecular flexibility index (Phi) is 4.95. The van der Waals surface area contributed by atoms with Gasteiger partial charge in [-0.25, -0.2) is 0 Å². The third-order valence-electron chi connectivity index (χ3n) is 1.08. The summed E-state index contributed by atoms with van der Waals surface area (Å²) in [7, 11) is 1.65. The van der Waals surface area contributed by atoms with Gasteiger partial charge in [-0.3, -0.25) is 0 Å². The Labute approximate surface area is 50.0 Å². The molecule has 0 rings (SSSR count). The van der Waals surface area contributed by atoms with E-state index >= 15 is 0 Å². The number of nitrogens with two attached hydrogens (primary N) is 2. The maximum atomic E-state index is 5.29. The van der Waals surface area contributed by atoms with Gasteiger partial charge in [-0.1, -0.05) is 0 Å². The standard InChI is InChI=1S/C5H14N2O/c1-8-5(4-7)2-3-6/h5H,2-4,6-7H2,1H3/t5-/m0/s1. The minimum absolute atomic E-state index is 0.153. The maximum Gasteiger partial charge on any atom is 0.0705 e. The quantitative estimate of drug-likeness (QED) is 0.513. The van der Waals surface area contributed by atoms with Gasteiger partial charge in [0.2, 0.25) is 0 Å². The Morgan fingerprint density at radius 1 is 1.50 bits per heavy atom. The third-order valence-corrected chi connectivity index (χ3v) is 1.08. The van der Waals surface area contributed by atoms with E-state index < -0.39 is 0 Å². The molecule has 0 aliphatic rings. The first-order chi connectivity index (χ1) is 3.85. The molecule has 0 spiro atoms. The molecule has 0 saturated heterocycles. The molecule has 0 bridgehead atoms. The molecule has 0 unspecified atom stereocenters. The Bertz CT molecular complexity index is 45.7. The Balaban J connectivity index is 3.07. The summed E-state index contributed by atoms with van der Waals surface area (Å²) in [6.45, 7) is 1.21. The fourth-order valence-electron chi connectivity index (χ4n) is 0.518. The predicted molar refractivity (Wildman–Crippen MR) is 33.5 cm³/mol. The molecule has 0 aromatic carbocycles. The van der Waals surface area contributed by atoms with Crippen molar-refractivity contribution in [3.63, 3.8) is 0 Å². The van der Waals surface area contributed by atoms with Gasteiger partial charge < -0.3 is 16.2 Å². The molecule has 1 atom stereocenters. The molecule has 8 heavy (non-hydrogen) atoms. The van der Waals surface area contributed by atoms with Gasteiger partial charge in [0.1, 0.15) is 0 Å². The highest BCUT2D eigenvalue weighted by Crippen LogP contribution is 1.89. The smallest absolute Gasteiger partial charge is 0.0705 e. The van der Waals surface area contributed by atoms with Crippen LogP contribution in [0.4, 0.5) is 0 Å². The van der Waals surface area contributed by atoms with Gasteiger partial charge in [-0.2, -0.15) is 0 Å². The summed E-state index contributed by atoms with van der Waals surface area (Å²) in [6.07, 6.45) is 1.01. The van der Waals surface area contributed by atoms with E-state index in [1.165, 1.54) is 0 Å². The van der Waals surface area contributed by atoms with Gasteiger partial charge >= 0.3 is 0 Å². The van der Waals surface area contributed by atoms with E-state index in [0.717, 1.165) is 6.42 Å². The highest BCUT2D eigenvalue weighted by Gasteiger charge is 1.99. The van der Waals surface area contributed by atoms with Crippen LogP contribution in [0.1, 0.15) is 6.42 Å². The normalized spacial score (nSPS) is 13.9. The lowest BCUT2D eigenvalue weighted by atomic mass is 10.2. The van der Waals surface area contributed by atoms with E-state index in [-0.39, 0.29) is 6.10 Å². The van der Waals surface area contributed by atoms with Crippen molar-refractivity contribution in [3.05, 3.63) is 0 Å².